The zero-order valence-electron chi connectivity index (χ0n) is 14.3. The summed E-state index contributed by atoms with van der Waals surface area (Å²) in [5.41, 5.74) is 2.67. The van der Waals surface area contributed by atoms with E-state index in [2.05, 4.69) is 39.6 Å². The highest BCUT2D eigenvalue weighted by atomic mass is 32.2. The van der Waals surface area contributed by atoms with Crippen LogP contribution in [0.1, 0.15) is 18.1 Å². The summed E-state index contributed by atoms with van der Waals surface area (Å²) < 4.78 is 13.5. The summed E-state index contributed by atoms with van der Waals surface area (Å²) in [6.07, 6.45) is 0.986. The summed E-state index contributed by atoms with van der Waals surface area (Å²) in [6.45, 7) is 2.27. The Morgan fingerprint density at radius 2 is 1.96 bits per heavy atom. The summed E-state index contributed by atoms with van der Waals surface area (Å²) in [4.78, 5) is 16.3. The summed E-state index contributed by atoms with van der Waals surface area (Å²) in [7, 11) is 0. The normalized spacial score (nSPS) is 10.7. The summed E-state index contributed by atoms with van der Waals surface area (Å²) in [5, 5.41) is 10.2. The predicted octanol–water partition coefficient (Wildman–Crippen LogP) is 3.58. The molecule has 1 amide bonds. The van der Waals surface area contributed by atoms with Gasteiger partial charge in [-0.1, -0.05) is 61.2 Å². The van der Waals surface area contributed by atoms with Gasteiger partial charge < -0.3 is 5.32 Å². The predicted molar refractivity (Wildman–Crippen MR) is 100 cm³/mol. The van der Waals surface area contributed by atoms with Crippen molar-refractivity contribution in [2.75, 3.05) is 5.75 Å². The largest absolute Gasteiger partial charge is 0.351 e. The van der Waals surface area contributed by atoms with Crippen LogP contribution in [0.15, 0.2) is 53.7 Å². The van der Waals surface area contributed by atoms with E-state index in [1.165, 1.54) is 23.4 Å². The molecule has 0 atom stereocenters. The lowest BCUT2D eigenvalue weighted by Crippen LogP contribution is -2.25. The van der Waals surface area contributed by atoms with Gasteiger partial charge in [-0.15, -0.1) is 5.10 Å². The van der Waals surface area contributed by atoms with Crippen LogP contribution >= 0.6 is 11.8 Å². The van der Waals surface area contributed by atoms with Gasteiger partial charge in [0.15, 0.2) is 5.82 Å². The Morgan fingerprint density at radius 3 is 2.69 bits per heavy atom. The standard InChI is InChI=1S/C19H19FN4OS/c1-2-13-7-9-14(10-8-13)18-22-19(24-23-18)26-12-17(25)21-11-15-5-3-4-6-16(15)20/h3-10H,2,11-12H2,1H3,(H,21,25)(H,22,23,24). The van der Waals surface area contributed by atoms with E-state index >= 15 is 0 Å². The number of nitrogens with zero attached hydrogens (tertiary/aromatic N) is 2. The fourth-order valence-electron chi connectivity index (χ4n) is 2.36. The van der Waals surface area contributed by atoms with Crippen molar-refractivity contribution >= 4 is 17.7 Å². The van der Waals surface area contributed by atoms with Crippen molar-refractivity contribution in [3.8, 4) is 11.4 Å². The molecule has 26 heavy (non-hydrogen) atoms. The van der Waals surface area contributed by atoms with Crippen LogP contribution in [0.25, 0.3) is 11.4 Å². The Kier molecular flexibility index (Phi) is 6.01. The Balaban J connectivity index is 1.51. The molecule has 1 heterocycles. The van der Waals surface area contributed by atoms with E-state index in [0.717, 1.165) is 12.0 Å². The topological polar surface area (TPSA) is 70.7 Å². The van der Waals surface area contributed by atoms with Gasteiger partial charge in [-0.05, 0) is 18.1 Å². The first kappa shape index (κ1) is 18.1. The number of amides is 1. The monoisotopic (exact) mass is 370 g/mol. The van der Waals surface area contributed by atoms with E-state index in [1.54, 1.807) is 18.2 Å². The average molecular weight is 370 g/mol. The number of aromatic amines is 1. The first-order chi connectivity index (χ1) is 12.7. The molecule has 0 spiro atoms. The fraction of sp³-hybridized carbons (Fsp3) is 0.211. The molecule has 0 aliphatic heterocycles. The number of nitrogens with one attached hydrogen (secondary N) is 2. The Labute approximate surface area is 155 Å². The lowest BCUT2D eigenvalue weighted by molar-refractivity contribution is -0.118. The molecule has 0 aliphatic carbocycles. The molecule has 3 rings (SSSR count). The van der Waals surface area contributed by atoms with E-state index < -0.39 is 0 Å². The Bertz CT molecular complexity index is 879. The smallest absolute Gasteiger partial charge is 0.230 e. The van der Waals surface area contributed by atoms with E-state index in [-0.39, 0.29) is 24.0 Å². The van der Waals surface area contributed by atoms with Gasteiger partial charge in [-0.3, -0.25) is 9.89 Å². The molecule has 0 aliphatic rings. The zero-order valence-corrected chi connectivity index (χ0v) is 15.1. The van der Waals surface area contributed by atoms with Crippen molar-refractivity contribution in [3.05, 3.63) is 65.5 Å². The molecule has 134 valence electrons. The van der Waals surface area contributed by atoms with Crippen LogP contribution in [0.3, 0.4) is 0 Å². The molecule has 7 heteroatoms. The van der Waals surface area contributed by atoms with Crippen LogP contribution in [0.2, 0.25) is 0 Å². The van der Waals surface area contributed by atoms with Crippen molar-refractivity contribution < 1.29 is 9.18 Å². The number of carbonyl (C=O) groups excluding carboxylic acids is 1. The van der Waals surface area contributed by atoms with E-state index in [0.29, 0.717) is 16.5 Å². The van der Waals surface area contributed by atoms with Crippen molar-refractivity contribution in [1.29, 1.82) is 0 Å². The SMILES string of the molecule is CCc1ccc(-c2nc(SCC(=O)NCc3ccccc3F)n[nH]2)cc1. The lowest BCUT2D eigenvalue weighted by Gasteiger charge is -2.05. The van der Waals surface area contributed by atoms with Crippen LogP contribution in [0.5, 0.6) is 0 Å². The molecular weight excluding hydrogens is 351 g/mol. The van der Waals surface area contributed by atoms with Crippen molar-refractivity contribution in [2.24, 2.45) is 0 Å². The molecule has 2 aromatic carbocycles. The highest BCUT2D eigenvalue weighted by molar-refractivity contribution is 7.99. The third kappa shape index (κ3) is 4.70. The van der Waals surface area contributed by atoms with Crippen LogP contribution < -0.4 is 5.32 Å². The number of benzene rings is 2. The molecule has 1 aromatic heterocycles. The molecule has 0 radical (unpaired) electrons. The van der Waals surface area contributed by atoms with Crippen molar-refractivity contribution in [3.63, 3.8) is 0 Å². The number of rotatable bonds is 7. The molecule has 2 N–H and O–H groups in total. The van der Waals surface area contributed by atoms with Gasteiger partial charge in [0.25, 0.3) is 0 Å². The molecule has 5 nitrogen and oxygen atoms in total. The van der Waals surface area contributed by atoms with Crippen molar-refractivity contribution in [1.82, 2.24) is 20.5 Å². The molecule has 0 bridgehead atoms. The molecule has 0 saturated heterocycles. The summed E-state index contributed by atoms with van der Waals surface area (Å²) >= 11 is 1.23. The van der Waals surface area contributed by atoms with Gasteiger partial charge in [0, 0.05) is 17.7 Å². The number of aromatic nitrogens is 3. The van der Waals surface area contributed by atoms with Gasteiger partial charge in [0.2, 0.25) is 11.1 Å². The number of aryl methyl sites for hydroxylation is 1. The molecule has 3 aromatic rings. The van der Waals surface area contributed by atoms with E-state index in [1.807, 2.05) is 12.1 Å². The second-order valence-corrected chi connectivity index (χ2v) is 6.62. The quantitative estimate of drug-likeness (QED) is 0.624. The minimum absolute atomic E-state index is 0.162. The van der Waals surface area contributed by atoms with E-state index in [9.17, 15) is 9.18 Å². The lowest BCUT2D eigenvalue weighted by atomic mass is 10.1. The maximum Gasteiger partial charge on any atom is 0.230 e. The molecular formula is C19H19FN4OS. The maximum absolute atomic E-state index is 13.5. The second-order valence-electron chi connectivity index (χ2n) is 5.67. The van der Waals surface area contributed by atoms with Crippen LogP contribution in [-0.4, -0.2) is 26.8 Å². The minimum Gasteiger partial charge on any atom is -0.351 e. The number of thioether (sulfide) groups is 1. The minimum atomic E-state index is -0.326. The first-order valence-electron chi connectivity index (χ1n) is 8.30. The fourth-order valence-corrected chi connectivity index (χ4v) is 2.98. The summed E-state index contributed by atoms with van der Waals surface area (Å²) in [5.74, 6) is 0.313. The van der Waals surface area contributed by atoms with E-state index in [4.69, 9.17) is 0 Å². The van der Waals surface area contributed by atoms with Gasteiger partial charge >= 0.3 is 0 Å². The van der Waals surface area contributed by atoms with Gasteiger partial charge in [0.1, 0.15) is 5.82 Å². The molecule has 0 saturated carbocycles. The number of H-pyrrole nitrogens is 1. The number of hydrogen-bond acceptors (Lipinski definition) is 4. The van der Waals surface area contributed by atoms with Crippen molar-refractivity contribution in [2.45, 2.75) is 25.0 Å². The highest BCUT2D eigenvalue weighted by Gasteiger charge is 2.10. The first-order valence-corrected chi connectivity index (χ1v) is 9.29. The number of halogens is 1. The third-order valence-corrected chi connectivity index (χ3v) is 4.71. The maximum atomic E-state index is 13.5. The molecule has 0 fully saturated rings. The van der Waals surface area contributed by atoms with Crippen LogP contribution in [0, 0.1) is 5.82 Å². The number of carbonyl (C=O) groups is 1. The number of hydrogen-bond donors (Lipinski definition) is 2. The van der Waals surface area contributed by atoms with Gasteiger partial charge in [-0.2, -0.15) is 0 Å². The van der Waals surface area contributed by atoms with Gasteiger partial charge in [-0.25, -0.2) is 9.37 Å². The van der Waals surface area contributed by atoms with Crippen LogP contribution in [0.4, 0.5) is 4.39 Å². The second kappa shape index (κ2) is 8.62. The van der Waals surface area contributed by atoms with Gasteiger partial charge in [0.05, 0.1) is 5.75 Å². The highest BCUT2D eigenvalue weighted by Crippen LogP contribution is 2.19. The molecule has 0 unspecified atom stereocenters. The third-order valence-electron chi connectivity index (χ3n) is 3.87. The zero-order chi connectivity index (χ0) is 18.4. The Hall–Kier alpha value is -2.67. The Morgan fingerprint density at radius 1 is 1.19 bits per heavy atom. The average Bonchev–Trinajstić information content (AvgIpc) is 3.15. The summed E-state index contributed by atoms with van der Waals surface area (Å²) in [6, 6.07) is 14.5. The van der Waals surface area contributed by atoms with Crippen LogP contribution in [-0.2, 0) is 17.8 Å².